The van der Waals surface area contributed by atoms with Gasteiger partial charge in [0.2, 0.25) is 5.91 Å². The molecule has 1 N–H and O–H groups in total. The molecule has 2 aromatic heterocycles. The number of nitrogens with one attached hydrogen (secondary N) is 1. The van der Waals surface area contributed by atoms with E-state index in [9.17, 15) is 9.59 Å². The van der Waals surface area contributed by atoms with Gasteiger partial charge in [0.15, 0.2) is 0 Å². The highest BCUT2D eigenvalue weighted by molar-refractivity contribution is 6.02. The van der Waals surface area contributed by atoms with Crippen molar-refractivity contribution in [1.82, 2.24) is 20.2 Å². The molecule has 3 amide bonds. The zero-order chi connectivity index (χ0) is 17.7. The summed E-state index contributed by atoms with van der Waals surface area (Å²) in [7, 11) is 0. The molecule has 6 nitrogen and oxygen atoms in total. The van der Waals surface area contributed by atoms with E-state index in [1.165, 1.54) is 4.90 Å². The fraction of sp³-hybridized carbons (Fsp3) is 0.200. The molecule has 2 unspecified atom stereocenters. The van der Waals surface area contributed by atoms with E-state index in [1.807, 2.05) is 48.7 Å². The van der Waals surface area contributed by atoms with Crippen molar-refractivity contribution in [3.05, 3.63) is 60.4 Å². The molecule has 26 heavy (non-hydrogen) atoms. The molecule has 128 valence electrons. The van der Waals surface area contributed by atoms with Crippen molar-refractivity contribution in [3.63, 3.8) is 0 Å². The van der Waals surface area contributed by atoms with Crippen LogP contribution in [0.4, 0.5) is 4.79 Å². The fourth-order valence-corrected chi connectivity index (χ4v) is 3.71. The quantitative estimate of drug-likeness (QED) is 0.741. The summed E-state index contributed by atoms with van der Waals surface area (Å²) in [4.78, 5) is 34.0. The second-order valence-electron chi connectivity index (χ2n) is 6.68. The molecular formula is C20H16N4O2. The number of aromatic nitrogens is 2. The third-order valence-corrected chi connectivity index (χ3v) is 5.10. The Morgan fingerprint density at radius 2 is 1.96 bits per heavy atom. The second-order valence-corrected chi connectivity index (χ2v) is 6.68. The molecule has 6 heteroatoms. The lowest BCUT2D eigenvalue weighted by atomic mass is 10.0. The van der Waals surface area contributed by atoms with E-state index in [4.69, 9.17) is 0 Å². The SMILES string of the molecule is O=C1CNC(=O)N1C1CC1c1ccc(-c2cccc3ncccc23)nc1. The van der Waals surface area contributed by atoms with Gasteiger partial charge in [0, 0.05) is 35.3 Å². The lowest BCUT2D eigenvalue weighted by Gasteiger charge is -2.12. The van der Waals surface area contributed by atoms with Crippen LogP contribution in [0.1, 0.15) is 17.9 Å². The monoisotopic (exact) mass is 344 g/mol. The van der Waals surface area contributed by atoms with Crippen LogP contribution in [-0.2, 0) is 4.79 Å². The van der Waals surface area contributed by atoms with Crippen molar-refractivity contribution in [3.8, 4) is 11.3 Å². The number of hydrogen-bond donors (Lipinski definition) is 1. The van der Waals surface area contributed by atoms with E-state index in [0.717, 1.165) is 34.1 Å². The van der Waals surface area contributed by atoms with E-state index >= 15 is 0 Å². The molecule has 2 aliphatic rings. The van der Waals surface area contributed by atoms with Gasteiger partial charge in [0.25, 0.3) is 0 Å². The van der Waals surface area contributed by atoms with Gasteiger partial charge in [-0.2, -0.15) is 0 Å². The van der Waals surface area contributed by atoms with Gasteiger partial charge >= 0.3 is 6.03 Å². The van der Waals surface area contributed by atoms with Gasteiger partial charge in [-0.05, 0) is 30.2 Å². The van der Waals surface area contributed by atoms with E-state index < -0.39 is 0 Å². The minimum atomic E-state index is -0.282. The van der Waals surface area contributed by atoms with Crippen LogP contribution in [0.3, 0.4) is 0 Å². The third-order valence-electron chi connectivity index (χ3n) is 5.10. The maximum absolute atomic E-state index is 11.8. The maximum atomic E-state index is 11.8. The summed E-state index contributed by atoms with van der Waals surface area (Å²) in [5.74, 6) is 0.0360. The second kappa shape index (κ2) is 5.62. The van der Waals surface area contributed by atoms with Crippen molar-refractivity contribution < 1.29 is 9.59 Å². The first-order valence-corrected chi connectivity index (χ1v) is 8.62. The van der Waals surface area contributed by atoms with Crippen LogP contribution >= 0.6 is 0 Å². The molecule has 1 aliphatic heterocycles. The van der Waals surface area contributed by atoms with Gasteiger partial charge in [-0.15, -0.1) is 0 Å². The number of amides is 3. The molecule has 1 saturated carbocycles. The number of nitrogens with zero attached hydrogens (tertiary/aromatic N) is 3. The molecule has 2 atom stereocenters. The van der Waals surface area contributed by atoms with Crippen LogP contribution in [-0.4, -0.2) is 39.4 Å². The molecular weight excluding hydrogens is 328 g/mol. The number of carbonyl (C=O) groups is 2. The van der Waals surface area contributed by atoms with Gasteiger partial charge in [-0.3, -0.25) is 19.7 Å². The van der Waals surface area contributed by atoms with Crippen LogP contribution in [0.25, 0.3) is 22.2 Å². The number of carbonyl (C=O) groups excluding carboxylic acids is 2. The smallest absolute Gasteiger partial charge is 0.324 e. The van der Waals surface area contributed by atoms with Crippen LogP contribution in [0, 0.1) is 0 Å². The molecule has 1 aliphatic carbocycles. The molecule has 0 bridgehead atoms. The van der Waals surface area contributed by atoms with Gasteiger partial charge in [-0.25, -0.2) is 4.79 Å². The Balaban J connectivity index is 1.42. The molecule has 2 fully saturated rings. The predicted octanol–water partition coefficient (Wildman–Crippen LogP) is 2.70. The van der Waals surface area contributed by atoms with Crippen LogP contribution in [0.2, 0.25) is 0 Å². The molecule has 3 aromatic rings. The first kappa shape index (κ1) is 15.0. The highest BCUT2D eigenvalue weighted by Crippen LogP contribution is 2.45. The lowest BCUT2D eigenvalue weighted by molar-refractivity contribution is -0.125. The Morgan fingerprint density at radius 3 is 2.73 bits per heavy atom. The summed E-state index contributed by atoms with van der Waals surface area (Å²) in [5.41, 5.74) is 3.93. The summed E-state index contributed by atoms with van der Waals surface area (Å²) in [6.07, 6.45) is 4.44. The van der Waals surface area contributed by atoms with Crippen LogP contribution in [0.5, 0.6) is 0 Å². The van der Waals surface area contributed by atoms with Crippen LogP contribution in [0.15, 0.2) is 54.9 Å². The molecule has 3 heterocycles. The fourth-order valence-electron chi connectivity index (χ4n) is 3.71. The normalized spacial score (nSPS) is 21.9. The Hall–Kier alpha value is -3.28. The first-order chi connectivity index (χ1) is 12.7. The number of rotatable bonds is 3. The van der Waals surface area contributed by atoms with Crippen LogP contribution < -0.4 is 5.32 Å². The number of pyridine rings is 2. The Kier molecular flexibility index (Phi) is 3.25. The Labute approximate surface area is 149 Å². The number of urea groups is 1. The predicted molar refractivity (Wildman–Crippen MR) is 96.4 cm³/mol. The molecule has 0 radical (unpaired) electrons. The number of benzene rings is 1. The third kappa shape index (κ3) is 2.34. The summed E-state index contributed by atoms with van der Waals surface area (Å²) in [6, 6.07) is 13.7. The van der Waals surface area contributed by atoms with Crippen molar-refractivity contribution in [2.75, 3.05) is 6.54 Å². The number of imide groups is 1. The Bertz CT molecular complexity index is 1010. The highest BCUT2D eigenvalue weighted by atomic mass is 16.2. The van der Waals surface area contributed by atoms with Crippen molar-refractivity contribution in [2.24, 2.45) is 0 Å². The standard InChI is InChI=1S/C20H16N4O2/c25-19-11-23-20(26)24(19)18-9-15(18)12-6-7-17(22-10-12)13-3-1-5-16-14(13)4-2-8-21-16/h1-8,10,15,18H,9,11H2,(H,23,26). The number of hydrogen-bond acceptors (Lipinski definition) is 4. The topological polar surface area (TPSA) is 75.2 Å². The van der Waals surface area contributed by atoms with Crippen molar-refractivity contribution >= 4 is 22.8 Å². The first-order valence-electron chi connectivity index (χ1n) is 8.62. The van der Waals surface area contributed by atoms with E-state index in [-0.39, 0.29) is 30.4 Å². The average Bonchev–Trinajstić information content (AvgIpc) is 3.39. The van der Waals surface area contributed by atoms with Gasteiger partial charge in [-0.1, -0.05) is 24.3 Å². The maximum Gasteiger partial charge on any atom is 0.324 e. The minimum absolute atomic E-state index is 0.0422. The zero-order valence-corrected chi connectivity index (χ0v) is 13.9. The van der Waals surface area contributed by atoms with E-state index in [1.54, 1.807) is 6.20 Å². The minimum Gasteiger partial charge on any atom is -0.329 e. The Morgan fingerprint density at radius 1 is 1.04 bits per heavy atom. The van der Waals surface area contributed by atoms with Gasteiger partial charge in [0.05, 0.1) is 17.8 Å². The van der Waals surface area contributed by atoms with Gasteiger partial charge in [0.1, 0.15) is 0 Å². The molecule has 1 saturated heterocycles. The van der Waals surface area contributed by atoms with E-state index in [0.29, 0.717) is 0 Å². The lowest BCUT2D eigenvalue weighted by Crippen LogP contribution is -2.33. The summed E-state index contributed by atoms with van der Waals surface area (Å²) in [6.45, 7) is 0.106. The summed E-state index contributed by atoms with van der Waals surface area (Å²) >= 11 is 0. The molecule has 5 rings (SSSR count). The van der Waals surface area contributed by atoms with Crippen molar-refractivity contribution in [1.29, 1.82) is 0 Å². The summed E-state index contributed by atoms with van der Waals surface area (Å²) < 4.78 is 0. The summed E-state index contributed by atoms with van der Waals surface area (Å²) in [5, 5.41) is 3.64. The average molecular weight is 344 g/mol. The number of fused-ring (bicyclic) bond motifs is 1. The largest absolute Gasteiger partial charge is 0.329 e. The van der Waals surface area contributed by atoms with E-state index in [2.05, 4.69) is 15.3 Å². The van der Waals surface area contributed by atoms with Crippen molar-refractivity contribution in [2.45, 2.75) is 18.4 Å². The molecule has 1 aromatic carbocycles. The van der Waals surface area contributed by atoms with Gasteiger partial charge < -0.3 is 5.32 Å². The zero-order valence-electron chi connectivity index (χ0n) is 13.9. The molecule has 0 spiro atoms. The highest BCUT2D eigenvalue weighted by Gasteiger charge is 2.49.